The molecule has 0 rings (SSSR count). The van der Waals surface area contributed by atoms with Crippen LogP contribution in [-0.4, -0.2) is 37.2 Å². The molecule has 0 saturated heterocycles. The maximum absolute atomic E-state index is 12.8. The van der Waals surface area contributed by atoms with Gasteiger partial charge in [0.15, 0.2) is 6.10 Å². The van der Waals surface area contributed by atoms with Crippen molar-refractivity contribution in [2.75, 3.05) is 13.2 Å². The number of rotatable bonds is 51. The van der Waals surface area contributed by atoms with Gasteiger partial charge in [-0.05, 0) is 31.1 Å². The highest BCUT2D eigenvalue weighted by atomic mass is 16.6. The third-order valence-corrected chi connectivity index (χ3v) is 13.3. The Hall–Kier alpha value is -1.59. The number of ether oxygens (including phenoxy) is 3. The molecular formula is C57H110O6. The van der Waals surface area contributed by atoms with E-state index in [1.807, 2.05) is 0 Å². The lowest BCUT2D eigenvalue weighted by Crippen LogP contribution is -2.30. The van der Waals surface area contributed by atoms with Crippen LogP contribution in [0.2, 0.25) is 0 Å². The second-order valence-corrected chi connectivity index (χ2v) is 20.3. The summed E-state index contributed by atoms with van der Waals surface area (Å²) in [6, 6.07) is 0. The Morgan fingerprint density at radius 1 is 0.333 bits per heavy atom. The number of carbonyl (C=O) groups excluding carboxylic acids is 3. The van der Waals surface area contributed by atoms with Crippen molar-refractivity contribution in [3.8, 4) is 0 Å². The molecular weight excluding hydrogens is 781 g/mol. The standard InChI is InChI=1S/C57H110O6/c1-6-8-9-10-11-12-13-17-21-27-32-37-42-47-55(58)61-50-54(63-57(60)49-44-39-34-29-24-23-26-31-36-41-46-53(5)7-2)51-62-56(59)48-43-38-33-28-22-19-16-14-15-18-20-25-30-35-40-45-52(3)4/h52-54H,6-51H2,1-5H3/t53?,54-/m1/s1. The lowest BCUT2D eigenvalue weighted by atomic mass is 9.99. The van der Waals surface area contributed by atoms with Gasteiger partial charge in [-0.15, -0.1) is 0 Å². The highest BCUT2D eigenvalue weighted by Gasteiger charge is 2.19. The Balaban J connectivity index is 4.29. The third-order valence-electron chi connectivity index (χ3n) is 13.3. The minimum atomic E-state index is -0.762. The van der Waals surface area contributed by atoms with Crippen molar-refractivity contribution in [3.63, 3.8) is 0 Å². The quantitative estimate of drug-likeness (QED) is 0.0344. The van der Waals surface area contributed by atoms with E-state index in [0.717, 1.165) is 69.6 Å². The van der Waals surface area contributed by atoms with E-state index >= 15 is 0 Å². The lowest BCUT2D eigenvalue weighted by Gasteiger charge is -2.18. The molecule has 0 aliphatic carbocycles. The molecule has 0 aromatic heterocycles. The van der Waals surface area contributed by atoms with E-state index in [2.05, 4.69) is 34.6 Å². The molecule has 0 saturated carbocycles. The first kappa shape index (κ1) is 61.4. The first-order valence-corrected chi connectivity index (χ1v) is 28.3. The zero-order chi connectivity index (χ0) is 46.1. The van der Waals surface area contributed by atoms with Gasteiger partial charge in [0, 0.05) is 19.3 Å². The van der Waals surface area contributed by atoms with E-state index in [1.54, 1.807) is 0 Å². The fourth-order valence-corrected chi connectivity index (χ4v) is 8.66. The maximum atomic E-state index is 12.8. The van der Waals surface area contributed by atoms with Crippen molar-refractivity contribution >= 4 is 17.9 Å². The largest absolute Gasteiger partial charge is 0.462 e. The molecule has 0 amide bonds. The lowest BCUT2D eigenvalue weighted by molar-refractivity contribution is -0.167. The molecule has 0 fully saturated rings. The Bertz CT molecular complexity index is 964. The summed E-state index contributed by atoms with van der Waals surface area (Å²) in [4.78, 5) is 38.1. The van der Waals surface area contributed by atoms with Crippen molar-refractivity contribution < 1.29 is 28.6 Å². The molecule has 0 aliphatic rings. The highest BCUT2D eigenvalue weighted by molar-refractivity contribution is 5.71. The van der Waals surface area contributed by atoms with E-state index in [0.29, 0.717) is 19.3 Å². The minimum absolute atomic E-state index is 0.0630. The Morgan fingerprint density at radius 3 is 0.905 bits per heavy atom. The Labute approximate surface area is 393 Å². The molecule has 0 bridgehead atoms. The van der Waals surface area contributed by atoms with Gasteiger partial charge in [-0.3, -0.25) is 14.4 Å². The highest BCUT2D eigenvalue weighted by Crippen LogP contribution is 2.18. The maximum Gasteiger partial charge on any atom is 0.306 e. The predicted molar refractivity (Wildman–Crippen MR) is 270 cm³/mol. The van der Waals surface area contributed by atoms with Crippen molar-refractivity contribution in [2.45, 2.75) is 323 Å². The summed E-state index contributed by atoms with van der Waals surface area (Å²) in [5.41, 5.74) is 0. The van der Waals surface area contributed by atoms with Crippen molar-refractivity contribution in [2.24, 2.45) is 11.8 Å². The fraction of sp³-hybridized carbons (Fsp3) is 0.947. The average Bonchev–Trinajstić information content (AvgIpc) is 3.27. The van der Waals surface area contributed by atoms with Gasteiger partial charge in [0.1, 0.15) is 13.2 Å². The minimum Gasteiger partial charge on any atom is -0.462 e. The first-order valence-electron chi connectivity index (χ1n) is 28.3. The monoisotopic (exact) mass is 891 g/mol. The van der Waals surface area contributed by atoms with Gasteiger partial charge in [-0.2, -0.15) is 0 Å². The second-order valence-electron chi connectivity index (χ2n) is 20.3. The van der Waals surface area contributed by atoms with Gasteiger partial charge in [-0.1, -0.05) is 279 Å². The molecule has 374 valence electrons. The summed E-state index contributed by atoms with van der Waals surface area (Å²) in [6.07, 6.45) is 52.2. The van der Waals surface area contributed by atoms with Crippen molar-refractivity contribution in [1.82, 2.24) is 0 Å². The van der Waals surface area contributed by atoms with Crippen LogP contribution in [0.1, 0.15) is 317 Å². The summed E-state index contributed by atoms with van der Waals surface area (Å²) >= 11 is 0. The van der Waals surface area contributed by atoms with Gasteiger partial charge in [0.25, 0.3) is 0 Å². The van der Waals surface area contributed by atoms with Gasteiger partial charge in [-0.25, -0.2) is 0 Å². The second kappa shape index (κ2) is 49.8. The van der Waals surface area contributed by atoms with Crippen LogP contribution in [0.5, 0.6) is 0 Å². The van der Waals surface area contributed by atoms with Crippen LogP contribution >= 0.6 is 0 Å². The van der Waals surface area contributed by atoms with Crippen molar-refractivity contribution in [1.29, 1.82) is 0 Å². The normalized spacial score (nSPS) is 12.5. The third kappa shape index (κ3) is 49.7. The SMILES string of the molecule is CCCCCCCCCCCCCCCC(=O)OC[C@H](COC(=O)CCCCCCCCCCCCCCCCCC(C)C)OC(=O)CCCCCCCCCCCCC(C)CC. The molecule has 0 N–H and O–H groups in total. The van der Waals surface area contributed by atoms with Crippen molar-refractivity contribution in [3.05, 3.63) is 0 Å². The van der Waals surface area contributed by atoms with E-state index in [-0.39, 0.29) is 31.1 Å². The molecule has 6 nitrogen and oxygen atoms in total. The summed E-state index contributed by atoms with van der Waals surface area (Å²) in [5, 5.41) is 0. The number of unbranched alkanes of at least 4 members (excludes halogenated alkanes) is 35. The topological polar surface area (TPSA) is 78.9 Å². The Morgan fingerprint density at radius 2 is 0.603 bits per heavy atom. The summed E-state index contributed by atoms with van der Waals surface area (Å²) in [6.45, 7) is 11.4. The first-order chi connectivity index (χ1) is 30.8. The van der Waals surface area contributed by atoms with E-state index in [1.165, 1.54) is 205 Å². The molecule has 0 aliphatic heterocycles. The molecule has 1 unspecified atom stereocenters. The Kier molecular flexibility index (Phi) is 48.6. The average molecular weight is 892 g/mol. The van der Waals surface area contributed by atoms with Crippen LogP contribution in [0.15, 0.2) is 0 Å². The predicted octanol–water partition coefficient (Wildman–Crippen LogP) is 18.5. The number of esters is 3. The van der Waals surface area contributed by atoms with Gasteiger partial charge in [0.2, 0.25) is 0 Å². The summed E-state index contributed by atoms with van der Waals surface area (Å²) < 4.78 is 16.9. The summed E-state index contributed by atoms with van der Waals surface area (Å²) in [7, 11) is 0. The molecule has 0 spiro atoms. The zero-order valence-corrected chi connectivity index (χ0v) is 43.2. The van der Waals surface area contributed by atoms with Crippen LogP contribution in [0.25, 0.3) is 0 Å². The number of hydrogen-bond acceptors (Lipinski definition) is 6. The molecule has 0 aromatic rings. The zero-order valence-electron chi connectivity index (χ0n) is 43.2. The smallest absolute Gasteiger partial charge is 0.306 e. The number of carbonyl (C=O) groups is 3. The van der Waals surface area contributed by atoms with Gasteiger partial charge < -0.3 is 14.2 Å². The van der Waals surface area contributed by atoms with Gasteiger partial charge >= 0.3 is 17.9 Å². The molecule has 0 radical (unpaired) electrons. The van der Waals surface area contributed by atoms with Crippen LogP contribution in [0.4, 0.5) is 0 Å². The molecule has 2 atom stereocenters. The molecule has 0 heterocycles. The van der Waals surface area contributed by atoms with E-state index in [4.69, 9.17) is 14.2 Å². The molecule has 0 aromatic carbocycles. The van der Waals surface area contributed by atoms with Crippen LogP contribution in [0, 0.1) is 11.8 Å². The van der Waals surface area contributed by atoms with Crippen LogP contribution in [0.3, 0.4) is 0 Å². The number of hydrogen-bond donors (Lipinski definition) is 0. The van der Waals surface area contributed by atoms with Crippen LogP contribution in [-0.2, 0) is 28.6 Å². The van der Waals surface area contributed by atoms with Crippen LogP contribution < -0.4 is 0 Å². The van der Waals surface area contributed by atoms with E-state index < -0.39 is 6.10 Å². The van der Waals surface area contributed by atoms with Gasteiger partial charge in [0.05, 0.1) is 0 Å². The van der Waals surface area contributed by atoms with E-state index in [9.17, 15) is 14.4 Å². The molecule has 6 heteroatoms. The fourth-order valence-electron chi connectivity index (χ4n) is 8.66. The summed E-state index contributed by atoms with van der Waals surface area (Å²) in [5.74, 6) is 0.875. The molecule has 63 heavy (non-hydrogen) atoms.